The fourth-order valence-corrected chi connectivity index (χ4v) is 2.05. The van der Waals surface area contributed by atoms with Crippen LogP contribution in [0.3, 0.4) is 0 Å². The van der Waals surface area contributed by atoms with Gasteiger partial charge in [-0.3, -0.25) is 4.90 Å². The summed E-state index contributed by atoms with van der Waals surface area (Å²) in [5, 5.41) is 3.45. The highest BCUT2D eigenvalue weighted by atomic mass is 16.5. The second-order valence-electron chi connectivity index (χ2n) is 4.27. The molecule has 0 aromatic rings. The van der Waals surface area contributed by atoms with Gasteiger partial charge in [0.25, 0.3) is 0 Å². The van der Waals surface area contributed by atoms with Crippen molar-refractivity contribution in [1.82, 2.24) is 10.2 Å². The van der Waals surface area contributed by atoms with Crippen LogP contribution >= 0.6 is 0 Å². The maximum atomic E-state index is 5.48. The fraction of sp³-hybridized carbons (Fsp3) is 1.00. The van der Waals surface area contributed by atoms with Gasteiger partial charge in [-0.15, -0.1) is 0 Å². The average Bonchev–Trinajstić information content (AvgIpc) is 2.34. The molecule has 0 spiro atoms. The molecule has 1 heterocycles. The quantitative estimate of drug-likeness (QED) is 0.623. The summed E-state index contributed by atoms with van der Waals surface area (Å²) in [7, 11) is 1.75. The maximum Gasteiger partial charge on any atom is 0.0622 e. The summed E-state index contributed by atoms with van der Waals surface area (Å²) in [5.74, 6) is 0. The number of morpholine rings is 1. The summed E-state index contributed by atoms with van der Waals surface area (Å²) in [5.41, 5.74) is 0. The van der Waals surface area contributed by atoms with Gasteiger partial charge in [0.05, 0.1) is 13.2 Å². The largest absolute Gasteiger partial charge is 0.385 e. The molecule has 4 nitrogen and oxygen atoms in total. The van der Waals surface area contributed by atoms with Gasteiger partial charge in [0.15, 0.2) is 0 Å². The van der Waals surface area contributed by atoms with Gasteiger partial charge in [0, 0.05) is 39.4 Å². The zero-order valence-corrected chi connectivity index (χ0v) is 10.7. The van der Waals surface area contributed by atoms with E-state index in [2.05, 4.69) is 17.1 Å². The molecule has 1 aliphatic rings. The summed E-state index contributed by atoms with van der Waals surface area (Å²) < 4.78 is 10.5. The Balaban J connectivity index is 2.02. The Hall–Kier alpha value is -0.160. The molecule has 0 aromatic carbocycles. The molecule has 1 fully saturated rings. The van der Waals surface area contributed by atoms with Crippen LogP contribution in [0.2, 0.25) is 0 Å². The SMILES string of the molecule is CCC1COCCN1CCNCCCOC. The van der Waals surface area contributed by atoms with Gasteiger partial charge in [-0.25, -0.2) is 0 Å². The molecule has 1 N–H and O–H groups in total. The Morgan fingerprint density at radius 1 is 1.44 bits per heavy atom. The molecule has 96 valence electrons. The van der Waals surface area contributed by atoms with E-state index >= 15 is 0 Å². The van der Waals surface area contributed by atoms with E-state index in [1.54, 1.807) is 7.11 Å². The van der Waals surface area contributed by atoms with Crippen LogP contribution in [0, 0.1) is 0 Å². The van der Waals surface area contributed by atoms with Crippen LogP contribution in [-0.2, 0) is 9.47 Å². The van der Waals surface area contributed by atoms with E-state index in [1.807, 2.05) is 0 Å². The standard InChI is InChI=1S/C12H26N2O2/c1-3-12-11-16-10-8-14(12)7-6-13-5-4-9-15-2/h12-13H,3-11H2,1-2H3. The minimum atomic E-state index is 0.620. The van der Waals surface area contributed by atoms with E-state index in [-0.39, 0.29) is 0 Å². The molecule has 0 saturated carbocycles. The summed E-state index contributed by atoms with van der Waals surface area (Å²) >= 11 is 0. The Morgan fingerprint density at radius 2 is 2.31 bits per heavy atom. The molecule has 0 aromatic heterocycles. The summed E-state index contributed by atoms with van der Waals surface area (Å²) in [6.45, 7) is 9.21. The third-order valence-electron chi connectivity index (χ3n) is 3.10. The Labute approximate surface area is 99.3 Å². The van der Waals surface area contributed by atoms with E-state index in [4.69, 9.17) is 9.47 Å². The minimum absolute atomic E-state index is 0.620. The van der Waals surface area contributed by atoms with E-state index in [1.165, 1.54) is 6.42 Å². The van der Waals surface area contributed by atoms with Crippen LogP contribution in [0.1, 0.15) is 19.8 Å². The Bertz CT molecular complexity index is 167. The first-order valence-electron chi connectivity index (χ1n) is 6.40. The third kappa shape index (κ3) is 5.25. The minimum Gasteiger partial charge on any atom is -0.385 e. The monoisotopic (exact) mass is 230 g/mol. The second kappa shape index (κ2) is 8.93. The number of nitrogens with zero attached hydrogens (tertiary/aromatic N) is 1. The lowest BCUT2D eigenvalue weighted by Gasteiger charge is -2.35. The lowest BCUT2D eigenvalue weighted by atomic mass is 10.2. The number of hydrogen-bond acceptors (Lipinski definition) is 4. The molecule has 1 atom stereocenters. The van der Waals surface area contributed by atoms with E-state index in [0.717, 1.165) is 52.4 Å². The van der Waals surface area contributed by atoms with Crippen LogP contribution in [0.15, 0.2) is 0 Å². The van der Waals surface area contributed by atoms with Gasteiger partial charge in [0.1, 0.15) is 0 Å². The summed E-state index contributed by atoms with van der Waals surface area (Å²) in [6.07, 6.45) is 2.28. The molecule has 1 aliphatic heterocycles. The molecule has 1 saturated heterocycles. The Kier molecular flexibility index (Phi) is 7.76. The van der Waals surface area contributed by atoms with Crippen LogP contribution in [0.5, 0.6) is 0 Å². The Morgan fingerprint density at radius 3 is 3.06 bits per heavy atom. The number of rotatable bonds is 8. The number of ether oxygens (including phenoxy) is 2. The zero-order valence-electron chi connectivity index (χ0n) is 10.7. The molecule has 16 heavy (non-hydrogen) atoms. The summed E-state index contributed by atoms with van der Waals surface area (Å²) in [4.78, 5) is 2.53. The molecule has 0 bridgehead atoms. The van der Waals surface area contributed by atoms with Crippen molar-refractivity contribution in [2.75, 3.05) is 53.1 Å². The summed E-state index contributed by atoms with van der Waals surface area (Å²) in [6, 6.07) is 0.620. The first-order chi connectivity index (χ1) is 7.88. The van der Waals surface area contributed by atoms with Gasteiger partial charge in [-0.2, -0.15) is 0 Å². The lowest BCUT2D eigenvalue weighted by molar-refractivity contribution is -0.00784. The molecular formula is C12H26N2O2. The molecule has 0 amide bonds. The van der Waals surface area contributed by atoms with Crippen molar-refractivity contribution in [2.45, 2.75) is 25.8 Å². The highest BCUT2D eigenvalue weighted by Crippen LogP contribution is 2.08. The maximum absolute atomic E-state index is 5.48. The highest BCUT2D eigenvalue weighted by molar-refractivity contribution is 4.74. The third-order valence-corrected chi connectivity index (χ3v) is 3.10. The fourth-order valence-electron chi connectivity index (χ4n) is 2.05. The normalized spacial score (nSPS) is 22.5. The van der Waals surface area contributed by atoms with Crippen LogP contribution in [0.25, 0.3) is 0 Å². The van der Waals surface area contributed by atoms with E-state index < -0.39 is 0 Å². The lowest BCUT2D eigenvalue weighted by Crippen LogP contribution is -2.47. The predicted molar refractivity (Wildman–Crippen MR) is 65.8 cm³/mol. The van der Waals surface area contributed by atoms with Gasteiger partial charge >= 0.3 is 0 Å². The van der Waals surface area contributed by atoms with Gasteiger partial charge in [0.2, 0.25) is 0 Å². The van der Waals surface area contributed by atoms with Crippen molar-refractivity contribution in [3.8, 4) is 0 Å². The molecule has 4 heteroatoms. The van der Waals surface area contributed by atoms with Crippen molar-refractivity contribution >= 4 is 0 Å². The molecule has 0 radical (unpaired) electrons. The van der Waals surface area contributed by atoms with Crippen molar-refractivity contribution in [3.63, 3.8) is 0 Å². The molecule has 1 unspecified atom stereocenters. The van der Waals surface area contributed by atoms with Crippen molar-refractivity contribution < 1.29 is 9.47 Å². The van der Waals surface area contributed by atoms with Crippen LogP contribution in [-0.4, -0.2) is 64.1 Å². The van der Waals surface area contributed by atoms with E-state index in [9.17, 15) is 0 Å². The topological polar surface area (TPSA) is 33.7 Å². The van der Waals surface area contributed by atoms with E-state index in [0.29, 0.717) is 6.04 Å². The van der Waals surface area contributed by atoms with Crippen LogP contribution in [0.4, 0.5) is 0 Å². The smallest absolute Gasteiger partial charge is 0.0622 e. The van der Waals surface area contributed by atoms with Gasteiger partial charge < -0.3 is 14.8 Å². The average molecular weight is 230 g/mol. The molecular weight excluding hydrogens is 204 g/mol. The number of methoxy groups -OCH3 is 1. The zero-order chi connectivity index (χ0) is 11.6. The number of nitrogens with one attached hydrogen (secondary N) is 1. The second-order valence-corrected chi connectivity index (χ2v) is 4.27. The first kappa shape index (κ1) is 13.9. The highest BCUT2D eigenvalue weighted by Gasteiger charge is 2.20. The van der Waals surface area contributed by atoms with Crippen LogP contribution < -0.4 is 5.32 Å². The molecule has 0 aliphatic carbocycles. The van der Waals surface area contributed by atoms with Crippen molar-refractivity contribution in [1.29, 1.82) is 0 Å². The predicted octanol–water partition coefficient (Wildman–Crippen LogP) is 0.723. The number of hydrogen-bond donors (Lipinski definition) is 1. The van der Waals surface area contributed by atoms with Gasteiger partial charge in [-0.1, -0.05) is 6.92 Å². The van der Waals surface area contributed by atoms with Crippen molar-refractivity contribution in [2.24, 2.45) is 0 Å². The first-order valence-corrected chi connectivity index (χ1v) is 6.40. The molecule has 1 rings (SSSR count). The van der Waals surface area contributed by atoms with Gasteiger partial charge in [-0.05, 0) is 19.4 Å². The van der Waals surface area contributed by atoms with Crippen molar-refractivity contribution in [3.05, 3.63) is 0 Å².